The van der Waals surface area contributed by atoms with Crippen LogP contribution in [0.1, 0.15) is 29.3 Å². The molecule has 0 radical (unpaired) electrons. The lowest BCUT2D eigenvalue weighted by Gasteiger charge is -2.13. The Morgan fingerprint density at radius 1 is 1.32 bits per heavy atom. The standard InChI is InChI=1S/C15H19ClO3/c1-3-5-12-9-14(16)10-13(11-17)15(12)19-8-7-18-6-4-2/h3,9-11H,1,4-8H2,2H3. The van der Waals surface area contributed by atoms with Gasteiger partial charge in [0, 0.05) is 17.2 Å². The fourth-order valence-electron chi connectivity index (χ4n) is 1.69. The van der Waals surface area contributed by atoms with Crippen LogP contribution in [-0.2, 0) is 11.2 Å². The Bertz CT molecular complexity index is 430. The molecule has 0 bridgehead atoms. The number of carbonyl (C=O) groups is 1. The zero-order valence-electron chi connectivity index (χ0n) is 11.2. The summed E-state index contributed by atoms with van der Waals surface area (Å²) in [5, 5.41) is 0.522. The molecule has 1 aromatic carbocycles. The summed E-state index contributed by atoms with van der Waals surface area (Å²) in [6.07, 6.45) is 4.08. The summed E-state index contributed by atoms with van der Waals surface area (Å²) in [6, 6.07) is 3.39. The predicted octanol–water partition coefficient (Wildman–Crippen LogP) is 3.69. The van der Waals surface area contributed by atoms with E-state index in [1.165, 1.54) is 0 Å². The largest absolute Gasteiger partial charge is 0.490 e. The number of hydrogen-bond donors (Lipinski definition) is 0. The molecule has 3 nitrogen and oxygen atoms in total. The van der Waals surface area contributed by atoms with Crippen molar-refractivity contribution in [2.75, 3.05) is 19.8 Å². The van der Waals surface area contributed by atoms with Crippen LogP contribution in [0.2, 0.25) is 5.02 Å². The van der Waals surface area contributed by atoms with Crippen molar-refractivity contribution in [2.45, 2.75) is 19.8 Å². The van der Waals surface area contributed by atoms with Crippen molar-refractivity contribution in [3.05, 3.63) is 40.9 Å². The van der Waals surface area contributed by atoms with Crippen molar-refractivity contribution in [1.82, 2.24) is 0 Å². The molecular formula is C15H19ClO3. The molecular weight excluding hydrogens is 264 g/mol. The number of ether oxygens (including phenoxy) is 2. The van der Waals surface area contributed by atoms with Gasteiger partial charge in [0.05, 0.1) is 12.2 Å². The lowest BCUT2D eigenvalue weighted by molar-refractivity contribution is 0.0989. The second-order valence-electron chi connectivity index (χ2n) is 4.05. The minimum Gasteiger partial charge on any atom is -0.490 e. The van der Waals surface area contributed by atoms with Crippen LogP contribution in [-0.4, -0.2) is 26.1 Å². The highest BCUT2D eigenvalue weighted by molar-refractivity contribution is 6.31. The SMILES string of the molecule is C=CCc1cc(Cl)cc(C=O)c1OCCOCCC. The van der Waals surface area contributed by atoms with Gasteiger partial charge in [0.2, 0.25) is 0 Å². The Hall–Kier alpha value is -1.32. The van der Waals surface area contributed by atoms with Crippen LogP contribution in [0.3, 0.4) is 0 Å². The molecule has 4 heteroatoms. The highest BCUT2D eigenvalue weighted by Crippen LogP contribution is 2.28. The van der Waals surface area contributed by atoms with E-state index < -0.39 is 0 Å². The summed E-state index contributed by atoms with van der Waals surface area (Å²) >= 11 is 5.97. The maximum Gasteiger partial charge on any atom is 0.153 e. The van der Waals surface area contributed by atoms with Gasteiger partial charge >= 0.3 is 0 Å². The van der Waals surface area contributed by atoms with Crippen LogP contribution in [0.5, 0.6) is 5.75 Å². The summed E-state index contributed by atoms with van der Waals surface area (Å²) < 4.78 is 11.0. The van der Waals surface area contributed by atoms with Gasteiger partial charge in [-0.3, -0.25) is 4.79 Å². The average molecular weight is 283 g/mol. The first-order valence-electron chi connectivity index (χ1n) is 6.32. The minimum absolute atomic E-state index is 0.409. The third-order valence-corrected chi connectivity index (χ3v) is 2.69. The van der Waals surface area contributed by atoms with Gasteiger partial charge in [0.1, 0.15) is 12.4 Å². The first-order valence-corrected chi connectivity index (χ1v) is 6.69. The number of allylic oxidation sites excluding steroid dienone is 1. The number of rotatable bonds is 9. The quantitative estimate of drug-likeness (QED) is 0.394. The molecule has 0 heterocycles. The number of hydrogen-bond acceptors (Lipinski definition) is 3. The molecule has 19 heavy (non-hydrogen) atoms. The van der Waals surface area contributed by atoms with Crippen LogP contribution in [0, 0.1) is 0 Å². The molecule has 0 spiro atoms. The third-order valence-electron chi connectivity index (χ3n) is 2.47. The van der Waals surface area contributed by atoms with Gasteiger partial charge in [-0.2, -0.15) is 0 Å². The van der Waals surface area contributed by atoms with Crippen molar-refractivity contribution in [2.24, 2.45) is 0 Å². The summed E-state index contributed by atoms with van der Waals surface area (Å²) in [7, 11) is 0. The molecule has 0 aliphatic rings. The normalized spacial score (nSPS) is 10.2. The number of carbonyl (C=O) groups excluding carboxylic acids is 1. The molecule has 0 N–H and O–H groups in total. The number of benzene rings is 1. The predicted molar refractivity (Wildman–Crippen MR) is 77.3 cm³/mol. The van der Waals surface area contributed by atoms with Gasteiger partial charge in [-0.15, -0.1) is 6.58 Å². The van der Waals surface area contributed by atoms with Gasteiger partial charge in [-0.25, -0.2) is 0 Å². The summed E-state index contributed by atoms with van der Waals surface area (Å²) in [6.45, 7) is 7.36. The monoisotopic (exact) mass is 282 g/mol. The molecule has 1 rings (SSSR count). The van der Waals surface area contributed by atoms with E-state index in [0.29, 0.717) is 42.6 Å². The Balaban J connectivity index is 2.77. The molecule has 0 aliphatic carbocycles. The van der Waals surface area contributed by atoms with E-state index in [-0.39, 0.29) is 0 Å². The topological polar surface area (TPSA) is 35.5 Å². The smallest absolute Gasteiger partial charge is 0.153 e. The van der Waals surface area contributed by atoms with Crippen LogP contribution >= 0.6 is 11.6 Å². The van der Waals surface area contributed by atoms with E-state index in [0.717, 1.165) is 18.3 Å². The number of aldehydes is 1. The van der Waals surface area contributed by atoms with Crippen LogP contribution < -0.4 is 4.74 Å². The van der Waals surface area contributed by atoms with E-state index >= 15 is 0 Å². The zero-order chi connectivity index (χ0) is 14.1. The summed E-state index contributed by atoms with van der Waals surface area (Å²) in [5.41, 5.74) is 1.32. The Kier molecular flexibility index (Phi) is 7.23. The van der Waals surface area contributed by atoms with Gasteiger partial charge in [-0.1, -0.05) is 24.6 Å². The Morgan fingerprint density at radius 3 is 2.74 bits per heavy atom. The van der Waals surface area contributed by atoms with Crippen molar-refractivity contribution < 1.29 is 14.3 Å². The maximum absolute atomic E-state index is 11.1. The fraction of sp³-hybridized carbons (Fsp3) is 0.400. The maximum atomic E-state index is 11.1. The molecule has 1 aromatic rings. The molecule has 0 aliphatic heterocycles. The van der Waals surface area contributed by atoms with Crippen LogP contribution in [0.15, 0.2) is 24.8 Å². The van der Waals surface area contributed by atoms with E-state index in [2.05, 4.69) is 6.58 Å². The highest BCUT2D eigenvalue weighted by Gasteiger charge is 2.10. The third kappa shape index (κ3) is 5.05. The summed E-state index contributed by atoms with van der Waals surface area (Å²) in [4.78, 5) is 11.1. The zero-order valence-corrected chi connectivity index (χ0v) is 11.9. The van der Waals surface area contributed by atoms with E-state index in [4.69, 9.17) is 21.1 Å². The molecule has 0 saturated heterocycles. The second-order valence-corrected chi connectivity index (χ2v) is 4.49. The Morgan fingerprint density at radius 2 is 2.11 bits per heavy atom. The highest BCUT2D eigenvalue weighted by atomic mass is 35.5. The van der Waals surface area contributed by atoms with Crippen molar-refractivity contribution in [3.8, 4) is 5.75 Å². The van der Waals surface area contributed by atoms with Crippen LogP contribution in [0.4, 0.5) is 0 Å². The molecule has 0 amide bonds. The average Bonchev–Trinajstić information content (AvgIpc) is 2.40. The Labute approximate surface area is 119 Å². The molecule has 0 aromatic heterocycles. The second kappa shape index (κ2) is 8.73. The van der Waals surface area contributed by atoms with Crippen LogP contribution in [0.25, 0.3) is 0 Å². The van der Waals surface area contributed by atoms with Crippen molar-refractivity contribution in [3.63, 3.8) is 0 Å². The van der Waals surface area contributed by atoms with Gasteiger partial charge in [0.25, 0.3) is 0 Å². The number of halogens is 1. The summed E-state index contributed by atoms with van der Waals surface area (Å²) in [5.74, 6) is 0.569. The lowest BCUT2D eigenvalue weighted by Crippen LogP contribution is -2.09. The van der Waals surface area contributed by atoms with Gasteiger partial charge in [-0.05, 0) is 25.0 Å². The van der Waals surface area contributed by atoms with E-state index in [9.17, 15) is 4.79 Å². The van der Waals surface area contributed by atoms with Crippen molar-refractivity contribution >= 4 is 17.9 Å². The van der Waals surface area contributed by atoms with E-state index in [1.807, 2.05) is 6.92 Å². The molecule has 0 atom stereocenters. The molecule has 0 fully saturated rings. The first kappa shape index (κ1) is 15.7. The lowest BCUT2D eigenvalue weighted by atomic mass is 10.1. The molecule has 0 unspecified atom stereocenters. The first-order chi connectivity index (χ1) is 9.22. The molecule has 104 valence electrons. The molecule has 0 saturated carbocycles. The fourth-order valence-corrected chi connectivity index (χ4v) is 1.94. The van der Waals surface area contributed by atoms with E-state index in [1.54, 1.807) is 18.2 Å². The van der Waals surface area contributed by atoms with Gasteiger partial charge < -0.3 is 9.47 Å². The minimum atomic E-state index is 0.409. The van der Waals surface area contributed by atoms with Crippen molar-refractivity contribution in [1.29, 1.82) is 0 Å². The van der Waals surface area contributed by atoms with Gasteiger partial charge in [0.15, 0.2) is 6.29 Å².